The zero-order valence-electron chi connectivity index (χ0n) is 11.2. The molecule has 0 radical (unpaired) electrons. The molecule has 2 rings (SSSR count). The number of nitrogens with one attached hydrogen (secondary N) is 1. The van der Waals surface area contributed by atoms with Crippen LogP contribution in [0.2, 0.25) is 5.02 Å². The summed E-state index contributed by atoms with van der Waals surface area (Å²) in [7, 11) is 0. The Morgan fingerprint density at radius 2 is 2.37 bits per heavy atom. The average Bonchev–Trinajstić information content (AvgIpc) is 2.84. The third-order valence-corrected chi connectivity index (χ3v) is 4.24. The van der Waals surface area contributed by atoms with E-state index in [0.29, 0.717) is 16.1 Å². The number of benzene rings is 1. The average molecular weight is 298 g/mol. The standard InChI is InChI=1S/C14H20ClN3S/c1-2-18-7-3-4-11(18)9-17-13-6-5-10(14(16)19)8-12(13)15/h5-6,8,11,17H,2-4,7,9H2,1H3,(H2,16,19). The second-order valence-electron chi connectivity index (χ2n) is 4.86. The van der Waals surface area contributed by atoms with E-state index in [9.17, 15) is 0 Å². The maximum absolute atomic E-state index is 6.24. The van der Waals surface area contributed by atoms with Crippen molar-refractivity contribution in [3.8, 4) is 0 Å². The van der Waals surface area contributed by atoms with Gasteiger partial charge in [0.1, 0.15) is 4.99 Å². The Labute approximate surface area is 125 Å². The summed E-state index contributed by atoms with van der Waals surface area (Å²) in [6, 6.07) is 6.28. The summed E-state index contributed by atoms with van der Waals surface area (Å²) >= 11 is 11.2. The predicted octanol–water partition coefficient (Wildman–Crippen LogP) is 2.87. The summed E-state index contributed by atoms with van der Waals surface area (Å²) in [6.45, 7) is 5.46. The van der Waals surface area contributed by atoms with E-state index in [1.807, 2.05) is 18.2 Å². The Balaban J connectivity index is 1.98. The second kappa shape index (κ2) is 6.55. The van der Waals surface area contributed by atoms with Crippen LogP contribution in [0, 0.1) is 0 Å². The van der Waals surface area contributed by atoms with Crippen LogP contribution in [-0.4, -0.2) is 35.6 Å². The van der Waals surface area contributed by atoms with Crippen LogP contribution in [0.5, 0.6) is 0 Å². The number of likely N-dealkylation sites (N-methyl/N-ethyl adjacent to an activating group) is 1. The number of hydrogen-bond acceptors (Lipinski definition) is 3. The van der Waals surface area contributed by atoms with Gasteiger partial charge in [-0.1, -0.05) is 30.7 Å². The van der Waals surface area contributed by atoms with Gasteiger partial charge in [-0.15, -0.1) is 0 Å². The van der Waals surface area contributed by atoms with Gasteiger partial charge in [0.2, 0.25) is 0 Å². The van der Waals surface area contributed by atoms with Crippen molar-refractivity contribution in [2.75, 3.05) is 25.0 Å². The Morgan fingerprint density at radius 3 is 3.00 bits per heavy atom. The highest BCUT2D eigenvalue weighted by molar-refractivity contribution is 7.80. The van der Waals surface area contributed by atoms with Crippen LogP contribution in [0.1, 0.15) is 25.3 Å². The van der Waals surface area contributed by atoms with Gasteiger partial charge in [-0.05, 0) is 44.1 Å². The van der Waals surface area contributed by atoms with Crippen molar-refractivity contribution in [2.45, 2.75) is 25.8 Å². The molecule has 19 heavy (non-hydrogen) atoms. The number of halogens is 1. The molecule has 1 saturated heterocycles. The Morgan fingerprint density at radius 1 is 1.58 bits per heavy atom. The molecule has 1 aliphatic heterocycles. The van der Waals surface area contributed by atoms with Gasteiger partial charge in [-0.2, -0.15) is 0 Å². The van der Waals surface area contributed by atoms with E-state index in [4.69, 9.17) is 29.6 Å². The number of anilines is 1. The maximum atomic E-state index is 6.24. The van der Waals surface area contributed by atoms with Gasteiger partial charge >= 0.3 is 0 Å². The first-order valence-electron chi connectivity index (χ1n) is 6.69. The maximum Gasteiger partial charge on any atom is 0.104 e. The molecule has 0 spiro atoms. The highest BCUT2D eigenvalue weighted by Crippen LogP contribution is 2.24. The van der Waals surface area contributed by atoms with Gasteiger partial charge < -0.3 is 11.1 Å². The molecule has 0 bridgehead atoms. The largest absolute Gasteiger partial charge is 0.389 e. The van der Waals surface area contributed by atoms with E-state index in [1.165, 1.54) is 19.4 Å². The summed E-state index contributed by atoms with van der Waals surface area (Å²) in [5.74, 6) is 0. The Hall–Kier alpha value is -0.840. The monoisotopic (exact) mass is 297 g/mol. The van der Waals surface area contributed by atoms with Crippen molar-refractivity contribution in [3.05, 3.63) is 28.8 Å². The minimum Gasteiger partial charge on any atom is -0.389 e. The van der Waals surface area contributed by atoms with Crippen LogP contribution in [-0.2, 0) is 0 Å². The summed E-state index contributed by atoms with van der Waals surface area (Å²) in [5, 5.41) is 4.10. The topological polar surface area (TPSA) is 41.3 Å². The highest BCUT2D eigenvalue weighted by atomic mass is 35.5. The molecule has 0 saturated carbocycles. The van der Waals surface area contributed by atoms with Crippen LogP contribution in [0.25, 0.3) is 0 Å². The molecule has 5 heteroatoms. The molecular weight excluding hydrogens is 278 g/mol. The molecule has 0 amide bonds. The quantitative estimate of drug-likeness (QED) is 0.820. The fourth-order valence-corrected chi connectivity index (χ4v) is 2.96. The van der Waals surface area contributed by atoms with Gasteiger partial charge in [-0.3, -0.25) is 4.90 Å². The third kappa shape index (κ3) is 3.59. The van der Waals surface area contributed by atoms with Gasteiger partial charge in [0, 0.05) is 18.2 Å². The molecule has 1 aromatic rings. The summed E-state index contributed by atoms with van der Waals surface area (Å²) in [4.78, 5) is 2.88. The smallest absolute Gasteiger partial charge is 0.104 e. The summed E-state index contributed by atoms with van der Waals surface area (Å²) in [5.41, 5.74) is 7.34. The second-order valence-corrected chi connectivity index (χ2v) is 5.71. The number of likely N-dealkylation sites (tertiary alicyclic amines) is 1. The van der Waals surface area contributed by atoms with E-state index < -0.39 is 0 Å². The lowest BCUT2D eigenvalue weighted by Gasteiger charge is -2.23. The van der Waals surface area contributed by atoms with E-state index in [1.54, 1.807) is 0 Å². The number of rotatable bonds is 5. The molecule has 1 aliphatic rings. The van der Waals surface area contributed by atoms with Gasteiger partial charge in [-0.25, -0.2) is 0 Å². The van der Waals surface area contributed by atoms with E-state index >= 15 is 0 Å². The molecule has 0 aliphatic carbocycles. The van der Waals surface area contributed by atoms with Gasteiger partial charge in [0.15, 0.2) is 0 Å². The fourth-order valence-electron chi connectivity index (χ4n) is 2.58. The molecule has 1 atom stereocenters. The molecule has 1 heterocycles. The minimum atomic E-state index is 0.376. The van der Waals surface area contributed by atoms with Crippen molar-refractivity contribution in [1.29, 1.82) is 0 Å². The number of hydrogen-bond donors (Lipinski definition) is 2. The van der Waals surface area contributed by atoms with Crippen molar-refractivity contribution in [1.82, 2.24) is 4.90 Å². The third-order valence-electron chi connectivity index (χ3n) is 3.69. The lowest BCUT2D eigenvalue weighted by molar-refractivity contribution is 0.277. The lowest BCUT2D eigenvalue weighted by Crippen LogP contribution is -2.34. The Bertz CT molecular complexity index is 464. The molecule has 104 valence electrons. The minimum absolute atomic E-state index is 0.376. The van der Waals surface area contributed by atoms with E-state index in [2.05, 4.69) is 17.1 Å². The molecule has 1 unspecified atom stereocenters. The number of thiocarbonyl (C=S) groups is 1. The first-order valence-corrected chi connectivity index (χ1v) is 7.47. The first kappa shape index (κ1) is 14.6. The Kier molecular flexibility index (Phi) is 5.02. The zero-order valence-corrected chi connectivity index (χ0v) is 12.7. The molecule has 1 fully saturated rings. The number of nitrogens with zero attached hydrogens (tertiary/aromatic N) is 1. The molecular formula is C14H20ClN3S. The van der Waals surface area contributed by atoms with Crippen molar-refractivity contribution in [2.24, 2.45) is 5.73 Å². The molecule has 0 aromatic heterocycles. The van der Waals surface area contributed by atoms with Crippen molar-refractivity contribution >= 4 is 34.5 Å². The van der Waals surface area contributed by atoms with Crippen LogP contribution in [0.15, 0.2) is 18.2 Å². The zero-order chi connectivity index (χ0) is 13.8. The predicted molar refractivity (Wildman–Crippen MR) is 86.1 cm³/mol. The summed E-state index contributed by atoms with van der Waals surface area (Å²) in [6.07, 6.45) is 2.54. The number of nitrogens with two attached hydrogens (primary N) is 1. The molecule has 3 N–H and O–H groups in total. The van der Waals surface area contributed by atoms with Crippen LogP contribution in [0.3, 0.4) is 0 Å². The fraction of sp³-hybridized carbons (Fsp3) is 0.500. The van der Waals surface area contributed by atoms with Gasteiger partial charge in [0.05, 0.1) is 10.7 Å². The van der Waals surface area contributed by atoms with Crippen LogP contribution in [0.4, 0.5) is 5.69 Å². The molecule has 1 aromatic carbocycles. The highest BCUT2D eigenvalue weighted by Gasteiger charge is 2.22. The lowest BCUT2D eigenvalue weighted by atomic mass is 10.2. The van der Waals surface area contributed by atoms with E-state index in [0.717, 1.165) is 24.3 Å². The van der Waals surface area contributed by atoms with Gasteiger partial charge in [0.25, 0.3) is 0 Å². The summed E-state index contributed by atoms with van der Waals surface area (Å²) < 4.78 is 0. The van der Waals surface area contributed by atoms with Crippen molar-refractivity contribution < 1.29 is 0 Å². The normalized spacial score (nSPS) is 19.6. The van der Waals surface area contributed by atoms with Crippen LogP contribution >= 0.6 is 23.8 Å². The molecule has 3 nitrogen and oxygen atoms in total. The van der Waals surface area contributed by atoms with E-state index in [-0.39, 0.29) is 0 Å². The van der Waals surface area contributed by atoms with Crippen LogP contribution < -0.4 is 11.1 Å². The first-order chi connectivity index (χ1) is 9.11. The SMILES string of the molecule is CCN1CCCC1CNc1ccc(C(N)=S)cc1Cl. The van der Waals surface area contributed by atoms with Crippen molar-refractivity contribution in [3.63, 3.8) is 0 Å².